The summed E-state index contributed by atoms with van der Waals surface area (Å²) in [5.74, 6) is 0.697. The number of halogens is 2. The molecule has 4 rings (SSSR count). The van der Waals surface area contributed by atoms with Crippen LogP contribution in [0.25, 0.3) is 16.5 Å². The first-order chi connectivity index (χ1) is 13.8. The van der Waals surface area contributed by atoms with E-state index in [9.17, 15) is 8.42 Å². The second kappa shape index (κ2) is 7.80. The third kappa shape index (κ3) is 3.72. The van der Waals surface area contributed by atoms with E-state index in [4.69, 9.17) is 16.3 Å². The normalized spacial score (nSPS) is 15.4. The van der Waals surface area contributed by atoms with Gasteiger partial charge in [0.2, 0.25) is 0 Å². The molecule has 0 bridgehead atoms. The summed E-state index contributed by atoms with van der Waals surface area (Å²) >= 11 is 9.86. The molecular formula is C21H20BrClN2O3S. The second-order valence-electron chi connectivity index (χ2n) is 6.97. The van der Waals surface area contributed by atoms with Crippen LogP contribution in [0.2, 0.25) is 0 Å². The summed E-state index contributed by atoms with van der Waals surface area (Å²) in [5.41, 5.74) is 2.35. The molecule has 0 spiro atoms. The standard InChI is InChI=1S/C21H20BrClN2O3S/c1-3-28-15-6-9-21-17(10-15)18(19-11-24(2)13-20(19)23)12-25(21)29(26,27)16-7-4-14(22)5-8-16/h4-10,12H,3,11,13H2,1-2H3. The average molecular weight is 496 g/mol. The van der Waals surface area contributed by atoms with Crippen LogP contribution in [0.15, 0.2) is 63.1 Å². The van der Waals surface area contributed by atoms with Crippen molar-refractivity contribution in [3.05, 3.63) is 63.7 Å². The minimum absolute atomic E-state index is 0.224. The molecule has 29 heavy (non-hydrogen) atoms. The summed E-state index contributed by atoms with van der Waals surface area (Å²) in [4.78, 5) is 2.32. The van der Waals surface area contributed by atoms with E-state index in [1.54, 1.807) is 42.6 Å². The lowest BCUT2D eigenvalue weighted by Gasteiger charge is -2.08. The molecule has 3 aromatic rings. The van der Waals surface area contributed by atoms with E-state index in [0.717, 1.165) is 26.0 Å². The van der Waals surface area contributed by atoms with Gasteiger partial charge in [0.05, 0.1) is 17.0 Å². The number of nitrogens with zero attached hydrogens (tertiary/aromatic N) is 2. The third-order valence-electron chi connectivity index (χ3n) is 4.91. The highest BCUT2D eigenvalue weighted by atomic mass is 79.9. The fraction of sp³-hybridized carbons (Fsp3) is 0.238. The lowest BCUT2D eigenvalue weighted by atomic mass is 10.1. The van der Waals surface area contributed by atoms with Crippen molar-refractivity contribution in [2.45, 2.75) is 11.8 Å². The highest BCUT2D eigenvalue weighted by Gasteiger charge is 2.26. The molecule has 0 radical (unpaired) electrons. The van der Waals surface area contributed by atoms with Gasteiger partial charge in [-0.2, -0.15) is 0 Å². The maximum absolute atomic E-state index is 13.4. The van der Waals surface area contributed by atoms with Gasteiger partial charge in [0.15, 0.2) is 0 Å². The molecule has 2 heterocycles. The molecular weight excluding hydrogens is 476 g/mol. The van der Waals surface area contributed by atoms with E-state index in [0.29, 0.717) is 31.0 Å². The molecule has 0 fully saturated rings. The number of hydrogen-bond donors (Lipinski definition) is 0. The SMILES string of the molecule is CCOc1ccc2c(c1)c(C1=C(Cl)CN(C)C1)cn2S(=O)(=O)c1ccc(Br)cc1. The maximum atomic E-state index is 13.4. The van der Waals surface area contributed by atoms with Crippen LogP contribution in [-0.2, 0) is 10.0 Å². The first-order valence-electron chi connectivity index (χ1n) is 9.16. The average Bonchev–Trinajstić information content (AvgIpc) is 3.21. The molecule has 5 nitrogen and oxygen atoms in total. The number of aromatic nitrogens is 1. The molecule has 0 unspecified atom stereocenters. The zero-order valence-electron chi connectivity index (χ0n) is 16.0. The van der Waals surface area contributed by atoms with Gasteiger partial charge in [-0.05, 0) is 62.0 Å². The van der Waals surface area contributed by atoms with Crippen molar-refractivity contribution in [1.82, 2.24) is 8.87 Å². The number of rotatable bonds is 5. The Kier molecular flexibility index (Phi) is 5.50. The van der Waals surface area contributed by atoms with Crippen molar-refractivity contribution in [1.29, 1.82) is 0 Å². The van der Waals surface area contributed by atoms with Crippen LogP contribution >= 0.6 is 27.5 Å². The van der Waals surface area contributed by atoms with Crippen LogP contribution < -0.4 is 4.74 Å². The lowest BCUT2D eigenvalue weighted by molar-refractivity contribution is 0.340. The fourth-order valence-electron chi connectivity index (χ4n) is 3.57. The Morgan fingerprint density at radius 1 is 1.14 bits per heavy atom. The van der Waals surface area contributed by atoms with Crippen LogP contribution in [0.3, 0.4) is 0 Å². The van der Waals surface area contributed by atoms with Crippen molar-refractivity contribution >= 4 is 54.0 Å². The van der Waals surface area contributed by atoms with Crippen LogP contribution in [0, 0.1) is 0 Å². The van der Waals surface area contributed by atoms with Crippen LogP contribution in [0.4, 0.5) is 0 Å². The largest absolute Gasteiger partial charge is 0.494 e. The van der Waals surface area contributed by atoms with Crippen molar-refractivity contribution in [3.8, 4) is 5.75 Å². The van der Waals surface area contributed by atoms with Crippen LogP contribution in [0.1, 0.15) is 12.5 Å². The minimum atomic E-state index is -3.77. The van der Waals surface area contributed by atoms with E-state index in [2.05, 4.69) is 20.8 Å². The number of hydrogen-bond acceptors (Lipinski definition) is 4. The molecule has 0 saturated heterocycles. The molecule has 8 heteroatoms. The van der Waals surface area contributed by atoms with E-state index in [-0.39, 0.29) is 4.90 Å². The predicted octanol–water partition coefficient (Wildman–Crippen LogP) is 4.93. The molecule has 1 aliphatic rings. The molecule has 0 amide bonds. The van der Waals surface area contributed by atoms with Gasteiger partial charge in [0.25, 0.3) is 10.0 Å². The van der Waals surface area contributed by atoms with Crippen LogP contribution in [-0.4, -0.2) is 44.0 Å². The summed E-state index contributed by atoms with van der Waals surface area (Å²) in [6.45, 7) is 3.76. The van der Waals surface area contributed by atoms with Gasteiger partial charge in [-0.15, -0.1) is 0 Å². The van der Waals surface area contributed by atoms with Gasteiger partial charge in [-0.1, -0.05) is 27.5 Å². The van der Waals surface area contributed by atoms with Crippen molar-refractivity contribution in [3.63, 3.8) is 0 Å². The van der Waals surface area contributed by atoms with E-state index in [1.807, 2.05) is 20.0 Å². The van der Waals surface area contributed by atoms with Crippen molar-refractivity contribution in [2.24, 2.45) is 0 Å². The van der Waals surface area contributed by atoms with E-state index >= 15 is 0 Å². The zero-order valence-corrected chi connectivity index (χ0v) is 19.2. The number of ether oxygens (including phenoxy) is 1. The quantitative estimate of drug-likeness (QED) is 0.503. The Morgan fingerprint density at radius 2 is 1.86 bits per heavy atom. The number of benzene rings is 2. The van der Waals surface area contributed by atoms with Crippen molar-refractivity contribution < 1.29 is 13.2 Å². The summed E-state index contributed by atoms with van der Waals surface area (Å²) in [5, 5.41) is 1.54. The molecule has 0 aliphatic carbocycles. The molecule has 0 atom stereocenters. The summed E-state index contributed by atoms with van der Waals surface area (Å²) in [6.07, 6.45) is 1.68. The van der Waals surface area contributed by atoms with Gasteiger partial charge in [-0.3, -0.25) is 4.90 Å². The first kappa shape index (κ1) is 20.5. The fourth-order valence-corrected chi connectivity index (χ4v) is 5.57. The maximum Gasteiger partial charge on any atom is 0.268 e. The predicted molar refractivity (Wildman–Crippen MR) is 120 cm³/mol. The molecule has 2 aromatic carbocycles. The minimum Gasteiger partial charge on any atom is -0.494 e. The second-order valence-corrected chi connectivity index (χ2v) is 10.2. The zero-order chi connectivity index (χ0) is 20.8. The molecule has 152 valence electrons. The third-order valence-corrected chi connectivity index (χ3v) is 7.48. The summed E-state index contributed by atoms with van der Waals surface area (Å²) < 4.78 is 34.6. The van der Waals surface area contributed by atoms with E-state index < -0.39 is 10.0 Å². The number of likely N-dealkylation sites (N-methyl/N-ethyl adjacent to an activating group) is 1. The summed E-state index contributed by atoms with van der Waals surface area (Å²) in [7, 11) is -1.79. The van der Waals surface area contributed by atoms with Gasteiger partial charge in [0, 0.05) is 39.7 Å². The highest BCUT2D eigenvalue weighted by molar-refractivity contribution is 9.10. The Labute approximate surface area is 183 Å². The first-order valence-corrected chi connectivity index (χ1v) is 11.8. The van der Waals surface area contributed by atoms with Gasteiger partial charge >= 0.3 is 0 Å². The van der Waals surface area contributed by atoms with Crippen LogP contribution in [0.5, 0.6) is 5.75 Å². The Balaban J connectivity index is 1.96. The Bertz CT molecular complexity index is 1220. The Morgan fingerprint density at radius 3 is 2.48 bits per heavy atom. The molecule has 0 N–H and O–H groups in total. The number of fused-ring (bicyclic) bond motifs is 1. The monoisotopic (exact) mass is 494 g/mol. The lowest BCUT2D eigenvalue weighted by Crippen LogP contribution is -2.14. The van der Waals surface area contributed by atoms with Gasteiger partial charge in [-0.25, -0.2) is 12.4 Å². The molecule has 1 aromatic heterocycles. The molecule has 0 saturated carbocycles. The highest BCUT2D eigenvalue weighted by Crippen LogP contribution is 2.37. The Hall–Kier alpha value is -1.80. The topological polar surface area (TPSA) is 51.5 Å². The van der Waals surface area contributed by atoms with E-state index in [1.165, 1.54) is 3.97 Å². The van der Waals surface area contributed by atoms with Gasteiger partial charge < -0.3 is 4.74 Å². The van der Waals surface area contributed by atoms with Gasteiger partial charge in [0.1, 0.15) is 5.75 Å². The summed E-state index contributed by atoms with van der Waals surface area (Å²) in [6, 6.07) is 12.1. The smallest absolute Gasteiger partial charge is 0.268 e. The molecule has 1 aliphatic heterocycles. The van der Waals surface area contributed by atoms with Crippen molar-refractivity contribution in [2.75, 3.05) is 26.7 Å².